The highest BCUT2D eigenvalue weighted by atomic mass is 32.1. The monoisotopic (exact) mass is 446 g/mol. The quantitative estimate of drug-likeness (QED) is 0.494. The molecule has 1 aliphatic rings. The van der Waals surface area contributed by atoms with Gasteiger partial charge in [-0.05, 0) is 81.1 Å². The first-order valence-corrected chi connectivity index (χ1v) is 11.3. The maximum atomic E-state index is 12.5. The molecule has 6 nitrogen and oxygen atoms in total. The smallest absolute Gasteiger partial charge is 0.341 e. The molecule has 2 N–H and O–H groups in total. The topological polar surface area (TPSA) is 76.7 Å². The summed E-state index contributed by atoms with van der Waals surface area (Å²) in [6.45, 7) is 4.05. The lowest BCUT2D eigenvalue weighted by atomic mass is 9.95. The van der Waals surface area contributed by atoms with Crippen LogP contribution in [-0.2, 0) is 17.6 Å². The predicted molar refractivity (Wildman–Crippen MR) is 123 cm³/mol. The average Bonchev–Trinajstić information content (AvgIpc) is 3.11. The molecule has 1 amide bonds. The molecule has 30 heavy (non-hydrogen) atoms. The lowest BCUT2D eigenvalue weighted by molar-refractivity contribution is 0.0601. The molecule has 1 atom stereocenters. The Morgan fingerprint density at radius 2 is 1.90 bits per heavy atom. The molecule has 0 saturated heterocycles. The first-order valence-electron chi connectivity index (χ1n) is 10.0. The summed E-state index contributed by atoms with van der Waals surface area (Å²) in [6.07, 6.45) is 4.96. The number of thiophene rings is 1. The zero-order valence-corrected chi connectivity index (χ0v) is 19.0. The minimum absolute atomic E-state index is 0.113. The van der Waals surface area contributed by atoms with E-state index >= 15 is 0 Å². The maximum absolute atomic E-state index is 12.5. The van der Waals surface area contributed by atoms with Crippen molar-refractivity contribution in [2.75, 3.05) is 12.4 Å². The Bertz CT molecular complexity index is 937. The number of amides is 1. The Balaban J connectivity index is 1.68. The van der Waals surface area contributed by atoms with E-state index in [1.807, 2.05) is 6.92 Å². The number of ether oxygens (including phenoxy) is 2. The van der Waals surface area contributed by atoms with E-state index in [0.717, 1.165) is 37.7 Å². The van der Waals surface area contributed by atoms with Crippen LogP contribution in [0.15, 0.2) is 24.3 Å². The van der Waals surface area contributed by atoms with Crippen molar-refractivity contribution >= 4 is 45.5 Å². The van der Waals surface area contributed by atoms with Crippen molar-refractivity contribution in [2.24, 2.45) is 0 Å². The molecule has 1 heterocycles. The fraction of sp³-hybridized carbons (Fsp3) is 0.409. The van der Waals surface area contributed by atoms with E-state index in [-0.39, 0.29) is 23.1 Å². The Labute approximate surface area is 186 Å². The predicted octanol–water partition coefficient (Wildman–Crippen LogP) is 4.72. The molecule has 1 aromatic carbocycles. The van der Waals surface area contributed by atoms with Gasteiger partial charge in [0.15, 0.2) is 5.11 Å². The zero-order chi connectivity index (χ0) is 21.7. The van der Waals surface area contributed by atoms with E-state index in [1.165, 1.54) is 23.3 Å². The van der Waals surface area contributed by atoms with Crippen LogP contribution < -0.4 is 15.4 Å². The van der Waals surface area contributed by atoms with Gasteiger partial charge >= 0.3 is 5.97 Å². The number of carbonyl (C=O) groups excluding carboxylic acids is 2. The van der Waals surface area contributed by atoms with Crippen molar-refractivity contribution < 1.29 is 19.1 Å². The third-order valence-corrected chi connectivity index (χ3v) is 6.45. The molecular weight excluding hydrogens is 420 g/mol. The van der Waals surface area contributed by atoms with Crippen molar-refractivity contribution in [3.63, 3.8) is 0 Å². The van der Waals surface area contributed by atoms with Gasteiger partial charge in [0, 0.05) is 10.4 Å². The largest absolute Gasteiger partial charge is 0.491 e. The highest BCUT2D eigenvalue weighted by Gasteiger charge is 2.26. The summed E-state index contributed by atoms with van der Waals surface area (Å²) in [6, 6.07) is 6.92. The number of methoxy groups -OCH3 is 1. The van der Waals surface area contributed by atoms with Crippen LogP contribution in [0.5, 0.6) is 5.75 Å². The number of thiocarbonyl (C=S) groups is 1. The zero-order valence-electron chi connectivity index (χ0n) is 17.4. The molecule has 160 valence electrons. The van der Waals surface area contributed by atoms with Crippen LogP contribution in [0.4, 0.5) is 5.00 Å². The number of nitrogens with one attached hydrogen (secondary N) is 2. The van der Waals surface area contributed by atoms with Gasteiger partial charge in [-0.1, -0.05) is 6.92 Å². The van der Waals surface area contributed by atoms with E-state index in [4.69, 9.17) is 21.7 Å². The van der Waals surface area contributed by atoms with E-state index in [9.17, 15) is 9.59 Å². The lowest BCUT2D eigenvalue weighted by Gasteiger charge is -2.13. The number of esters is 1. The fourth-order valence-corrected chi connectivity index (χ4v) is 4.82. The molecule has 0 spiro atoms. The van der Waals surface area contributed by atoms with E-state index < -0.39 is 0 Å². The highest BCUT2D eigenvalue weighted by Crippen LogP contribution is 2.38. The lowest BCUT2D eigenvalue weighted by Crippen LogP contribution is -2.34. The summed E-state index contributed by atoms with van der Waals surface area (Å²) in [5, 5.41) is 6.46. The summed E-state index contributed by atoms with van der Waals surface area (Å²) >= 11 is 6.82. The van der Waals surface area contributed by atoms with Crippen LogP contribution in [0, 0.1) is 0 Å². The molecule has 0 aliphatic heterocycles. The molecule has 0 radical (unpaired) electrons. The van der Waals surface area contributed by atoms with Gasteiger partial charge in [-0.2, -0.15) is 0 Å². The van der Waals surface area contributed by atoms with Crippen molar-refractivity contribution in [2.45, 2.75) is 52.1 Å². The molecule has 2 aromatic rings. The number of carbonyl (C=O) groups is 2. The summed E-state index contributed by atoms with van der Waals surface area (Å²) in [5.74, 6) is -0.0000575. The molecule has 8 heteroatoms. The third kappa shape index (κ3) is 5.17. The molecule has 1 aromatic heterocycles. The number of rotatable bonds is 6. The van der Waals surface area contributed by atoms with E-state index in [1.54, 1.807) is 24.3 Å². The Morgan fingerprint density at radius 3 is 2.57 bits per heavy atom. The Kier molecular flexibility index (Phi) is 7.44. The third-order valence-electron chi connectivity index (χ3n) is 5.04. The van der Waals surface area contributed by atoms with Crippen LogP contribution in [0.25, 0.3) is 0 Å². The van der Waals surface area contributed by atoms with Crippen molar-refractivity contribution in [3.05, 3.63) is 45.8 Å². The van der Waals surface area contributed by atoms with E-state index in [0.29, 0.717) is 21.9 Å². The van der Waals surface area contributed by atoms with Crippen molar-refractivity contribution in [1.29, 1.82) is 0 Å². The van der Waals surface area contributed by atoms with Gasteiger partial charge < -0.3 is 14.8 Å². The van der Waals surface area contributed by atoms with Crippen LogP contribution >= 0.6 is 23.6 Å². The van der Waals surface area contributed by atoms with Gasteiger partial charge in [-0.15, -0.1) is 11.3 Å². The van der Waals surface area contributed by atoms with Crippen molar-refractivity contribution in [1.82, 2.24) is 5.32 Å². The fourth-order valence-electron chi connectivity index (χ4n) is 3.28. The molecule has 0 fully saturated rings. The van der Waals surface area contributed by atoms with Gasteiger partial charge in [0.1, 0.15) is 10.8 Å². The Hall–Kier alpha value is -2.45. The first kappa shape index (κ1) is 22.2. The Morgan fingerprint density at radius 1 is 1.20 bits per heavy atom. The number of aryl methyl sites for hydroxylation is 1. The number of hydrogen-bond acceptors (Lipinski definition) is 6. The number of hydrogen-bond donors (Lipinski definition) is 2. The maximum Gasteiger partial charge on any atom is 0.341 e. The normalized spacial score (nSPS) is 13.7. The van der Waals surface area contributed by atoms with Gasteiger partial charge in [0.05, 0.1) is 18.8 Å². The molecule has 1 unspecified atom stereocenters. The first-order chi connectivity index (χ1) is 14.4. The van der Waals surface area contributed by atoms with Gasteiger partial charge in [-0.3, -0.25) is 10.1 Å². The number of anilines is 1. The minimum Gasteiger partial charge on any atom is -0.491 e. The molecule has 0 bridgehead atoms. The van der Waals surface area contributed by atoms with Crippen molar-refractivity contribution in [3.8, 4) is 5.75 Å². The minimum atomic E-state index is -0.386. The second kappa shape index (κ2) is 10.0. The summed E-state index contributed by atoms with van der Waals surface area (Å²) < 4.78 is 10.7. The number of benzene rings is 1. The highest BCUT2D eigenvalue weighted by molar-refractivity contribution is 7.80. The van der Waals surface area contributed by atoms with Crippen LogP contribution in [0.3, 0.4) is 0 Å². The van der Waals surface area contributed by atoms with Gasteiger partial charge in [0.25, 0.3) is 5.91 Å². The summed E-state index contributed by atoms with van der Waals surface area (Å²) in [5.41, 5.74) is 2.03. The van der Waals surface area contributed by atoms with Crippen LogP contribution in [0.1, 0.15) is 64.3 Å². The summed E-state index contributed by atoms with van der Waals surface area (Å²) in [7, 11) is 1.37. The molecule has 0 saturated carbocycles. The average molecular weight is 447 g/mol. The van der Waals surface area contributed by atoms with Crippen LogP contribution in [-0.4, -0.2) is 30.2 Å². The second-order valence-corrected chi connectivity index (χ2v) is 8.69. The molecule has 1 aliphatic carbocycles. The molecule has 3 rings (SSSR count). The van der Waals surface area contributed by atoms with Gasteiger partial charge in [-0.25, -0.2) is 4.79 Å². The van der Waals surface area contributed by atoms with E-state index in [2.05, 4.69) is 17.6 Å². The SMILES string of the molecule is CCC(C)Oc1ccc(C(=O)NC(=S)Nc2sc3c(c2C(=O)OC)CCCC3)cc1. The summed E-state index contributed by atoms with van der Waals surface area (Å²) in [4.78, 5) is 26.0. The molecular formula is C22H26N2O4S2. The number of fused-ring (bicyclic) bond motifs is 1. The van der Waals surface area contributed by atoms with Crippen LogP contribution in [0.2, 0.25) is 0 Å². The second-order valence-electron chi connectivity index (χ2n) is 7.18. The van der Waals surface area contributed by atoms with Gasteiger partial charge in [0.2, 0.25) is 0 Å². The standard InChI is InChI=1S/C22H26N2O4S2/c1-4-13(2)28-15-11-9-14(10-12-15)19(25)23-22(29)24-20-18(21(26)27-3)16-7-5-6-8-17(16)30-20/h9-13H,4-8H2,1-3H3,(H2,23,24,25,29).